The number of aryl methyl sites for hydroxylation is 2. The highest BCUT2D eigenvalue weighted by molar-refractivity contribution is 7.15. The highest BCUT2D eigenvalue weighted by atomic mass is 32.1. The molecule has 0 unspecified atom stereocenters. The predicted octanol–water partition coefficient (Wildman–Crippen LogP) is 4.48. The molecule has 1 amide bonds. The smallest absolute Gasteiger partial charge is 0.264 e. The lowest BCUT2D eigenvalue weighted by atomic mass is 10.0. The topological polar surface area (TPSA) is 64.1 Å². The molecule has 1 aromatic heterocycles. The van der Waals surface area contributed by atoms with E-state index in [1.54, 1.807) is 0 Å². The quantitative estimate of drug-likeness (QED) is 0.668. The zero-order chi connectivity index (χ0) is 18.4. The minimum absolute atomic E-state index is 0.0629. The fraction of sp³-hybridized carbons (Fsp3) is 0.250. The first-order chi connectivity index (χ1) is 12.6. The predicted molar refractivity (Wildman–Crippen MR) is 105 cm³/mol. The third kappa shape index (κ3) is 4.89. The number of carbonyl (C=O) groups excluding carboxylic acids is 1. The highest BCUT2D eigenvalue weighted by Crippen LogP contribution is 2.23. The Morgan fingerprint density at radius 2 is 1.69 bits per heavy atom. The molecule has 134 valence electrons. The van der Waals surface area contributed by atoms with Crippen molar-refractivity contribution in [1.82, 2.24) is 10.2 Å². The van der Waals surface area contributed by atoms with Crippen LogP contribution in [0, 0.1) is 6.92 Å². The summed E-state index contributed by atoms with van der Waals surface area (Å²) in [5, 5.41) is 12.1. The van der Waals surface area contributed by atoms with Crippen LogP contribution in [-0.2, 0) is 11.2 Å². The lowest BCUT2D eigenvalue weighted by molar-refractivity contribution is -0.118. The number of ether oxygens (including phenoxy) is 1. The van der Waals surface area contributed by atoms with Crippen LogP contribution < -0.4 is 10.1 Å². The second kappa shape index (κ2) is 8.58. The molecule has 2 aromatic carbocycles. The number of aromatic nitrogens is 2. The van der Waals surface area contributed by atoms with Gasteiger partial charge in [-0.3, -0.25) is 10.1 Å². The van der Waals surface area contributed by atoms with Crippen LogP contribution in [0.5, 0.6) is 5.75 Å². The van der Waals surface area contributed by atoms with E-state index in [0.29, 0.717) is 10.9 Å². The summed E-state index contributed by atoms with van der Waals surface area (Å²) in [4.78, 5) is 12.0. The molecule has 1 N–H and O–H groups in total. The molecule has 0 aliphatic heterocycles. The van der Waals surface area contributed by atoms with Gasteiger partial charge in [-0.25, -0.2) is 0 Å². The zero-order valence-corrected chi connectivity index (χ0v) is 15.7. The van der Waals surface area contributed by atoms with Gasteiger partial charge in [-0.1, -0.05) is 60.2 Å². The number of carbonyl (C=O) groups is 1. The Hall–Kier alpha value is -2.73. The number of amides is 1. The van der Waals surface area contributed by atoms with Crippen LogP contribution in [0.25, 0.3) is 11.1 Å². The first kappa shape index (κ1) is 18.1. The molecule has 0 saturated heterocycles. The van der Waals surface area contributed by atoms with Crippen molar-refractivity contribution in [3.05, 3.63) is 59.1 Å². The third-order valence-electron chi connectivity index (χ3n) is 3.79. The Morgan fingerprint density at radius 3 is 2.35 bits per heavy atom. The molecule has 0 atom stereocenters. The molecule has 0 saturated carbocycles. The molecule has 0 fully saturated rings. The van der Waals surface area contributed by atoms with Crippen molar-refractivity contribution in [2.24, 2.45) is 0 Å². The van der Waals surface area contributed by atoms with Gasteiger partial charge in [0.05, 0.1) is 0 Å². The van der Waals surface area contributed by atoms with E-state index in [1.165, 1.54) is 16.9 Å². The molecule has 0 radical (unpaired) electrons. The summed E-state index contributed by atoms with van der Waals surface area (Å²) in [6.07, 6.45) is 1.88. The monoisotopic (exact) mass is 367 g/mol. The SMILES string of the molecule is CCCc1nnc(NC(=O)COc2ccc(-c3ccc(C)cc3)cc2)s1. The Balaban J connectivity index is 1.52. The Morgan fingerprint density at radius 1 is 1.04 bits per heavy atom. The lowest BCUT2D eigenvalue weighted by Gasteiger charge is -2.07. The maximum atomic E-state index is 12.0. The molecule has 0 aliphatic carbocycles. The van der Waals surface area contributed by atoms with Gasteiger partial charge in [-0.05, 0) is 36.6 Å². The Bertz CT molecular complexity index is 858. The fourth-order valence-electron chi connectivity index (χ4n) is 2.41. The number of nitrogens with one attached hydrogen (secondary N) is 1. The largest absolute Gasteiger partial charge is 0.484 e. The second-order valence-electron chi connectivity index (χ2n) is 5.98. The maximum absolute atomic E-state index is 12.0. The van der Waals surface area contributed by atoms with Crippen molar-refractivity contribution in [2.45, 2.75) is 26.7 Å². The number of rotatable bonds is 7. The number of hydrogen-bond donors (Lipinski definition) is 1. The minimum atomic E-state index is -0.244. The zero-order valence-electron chi connectivity index (χ0n) is 14.9. The van der Waals surface area contributed by atoms with Crippen LogP contribution >= 0.6 is 11.3 Å². The van der Waals surface area contributed by atoms with Gasteiger partial charge in [-0.2, -0.15) is 0 Å². The summed E-state index contributed by atoms with van der Waals surface area (Å²) in [7, 11) is 0. The van der Waals surface area contributed by atoms with E-state index in [2.05, 4.69) is 53.6 Å². The van der Waals surface area contributed by atoms with E-state index >= 15 is 0 Å². The van der Waals surface area contributed by atoms with E-state index in [4.69, 9.17) is 4.74 Å². The standard InChI is InChI=1S/C20H21N3O2S/c1-3-4-19-22-23-20(26-19)21-18(24)13-25-17-11-9-16(10-12-17)15-7-5-14(2)6-8-15/h5-12H,3-4,13H2,1-2H3,(H,21,23,24). The van der Waals surface area contributed by atoms with Crippen LogP contribution in [0.2, 0.25) is 0 Å². The molecule has 0 bridgehead atoms. The van der Waals surface area contributed by atoms with Crippen LogP contribution in [0.4, 0.5) is 5.13 Å². The van der Waals surface area contributed by atoms with Crippen LogP contribution in [0.3, 0.4) is 0 Å². The molecule has 3 aromatic rings. The van der Waals surface area contributed by atoms with Gasteiger partial charge in [0.1, 0.15) is 10.8 Å². The number of anilines is 1. The van der Waals surface area contributed by atoms with Crippen molar-refractivity contribution >= 4 is 22.4 Å². The molecule has 1 heterocycles. The van der Waals surface area contributed by atoms with Gasteiger partial charge in [0, 0.05) is 6.42 Å². The molecule has 26 heavy (non-hydrogen) atoms. The molecular weight excluding hydrogens is 346 g/mol. The summed E-state index contributed by atoms with van der Waals surface area (Å²) in [6, 6.07) is 16.1. The Labute approximate surface area is 157 Å². The average Bonchev–Trinajstić information content (AvgIpc) is 3.08. The minimum Gasteiger partial charge on any atom is -0.484 e. The molecule has 0 aliphatic rings. The van der Waals surface area contributed by atoms with Crippen molar-refractivity contribution in [1.29, 1.82) is 0 Å². The molecule has 5 nitrogen and oxygen atoms in total. The second-order valence-corrected chi connectivity index (χ2v) is 7.04. The lowest BCUT2D eigenvalue weighted by Crippen LogP contribution is -2.20. The van der Waals surface area contributed by atoms with E-state index < -0.39 is 0 Å². The molecular formula is C20H21N3O2S. The van der Waals surface area contributed by atoms with E-state index in [-0.39, 0.29) is 12.5 Å². The van der Waals surface area contributed by atoms with Crippen LogP contribution in [0.1, 0.15) is 23.9 Å². The highest BCUT2D eigenvalue weighted by Gasteiger charge is 2.08. The van der Waals surface area contributed by atoms with Crippen molar-refractivity contribution in [3.8, 4) is 16.9 Å². The van der Waals surface area contributed by atoms with Gasteiger partial charge in [0.25, 0.3) is 5.91 Å². The first-order valence-electron chi connectivity index (χ1n) is 8.56. The van der Waals surface area contributed by atoms with Crippen molar-refractivity contribution in [2.75, 3.05) is 11.9 Å². The fourth-order valence-corrected chi connectivity index (χ4v) is 3.27. The van der Waals surface area contributed by atoms with Gasteiger partial charge < -0.3 is 4.74 Å². The van der Waals surface area contributed by atoms with Crippen molar-refractivity contribution < 1.29 is 9.53 Å². The normalized spacial score (nSPS) is 10.5. The van der Waals surface area contributed by atoms with Gasteiger partial charge >= 0.3 is 0 Å². The van der Waals surface area contributed by atoms with Gasteiger partial charge in [0.15, 0.2) is 6.61 Å². The molecule has 3 rings (SSSR count). The third-order valence-corrected chi connectivity index (χ3v) is 4.68. The Kier molecular flexibility index (Phi) is 5.96. The van der Waals surface area contributed by atoms with Crippen LogP contribution in [-0.4, -0.2) is 22.7 Å². The van der Waals surface area contributed by atoms with E-state index in [9.17, 15) is 4.79 Å². The van der Waals surface area contributed by atoms with Gasteiger partial charge in [0.2, 0.25) is 5.13 Å². The van der Waals surface area contributed by atoms with E-state index in [0.717, 1.165) is 29.0 Å². The number of benzene rings is 2. The summed E-state index contributed by atoms with van der Waals surface area (Å²) >= 11 is 1.40. The summed E-state index contributed by atoms with van der Waals surface area (Å²) in [5.74, 6) is 0.409. The van der Waals surface area contributed by atoms with Crippen LogP contribution in [0.15, 0.2) is 48.5 Å². The maximum Gasteiger partial charge on any atom is 0.264 e. The van der Waals surface area contributed by atoms with Crippen molar-refractivity contribution in [3.63, 3.8) is 0 Å². The summed E-state index contributed by atoms with van der Waals surface area (Å²) < 4.78 is 5.55. The molecule has 0 spiro atoms. The van der Waals surface area contributed by atoms with E-state index in [1.807, 2.05) is 24.3 Å². The van der Waals surface area contributed by atoms with Gasteiger partial charge in [-0.15, -0.1) is 10.2 Å². The summed E-state index contributed by atoms with van der Waals surface area (Å²) in [5.41, 5.74) is 3.50. The number of hydrogen-bond acceptors (Lipinski definition) is 5. The number of nitrogens with zero attached hydrogens (tertiary/aromatic N) is 2. The summed E-state index contributed by atoms with van der Waals surface area (Å²) in [6.45, 7) is 4.09. The molecule has 6 heteroatoms. The first-order valence-corrected chi connectivity index (χ1v) is 9.38. The average molecular weight is 367 g/mol.